The number of amides is 1. The summed E-state index contributed by atoms with van der Waals surface area (Å²) in [5.74, 6) is -5.26. The van der Waals surface area contributed by atoms with Gasteiger partial charge in [0.05, 0.1) is 35.9 Å². The molecule has 13 nitrogen and oxygen atoms in total. The van der Waals surface area contributed by atoms with Crippen LogP contribution in [0.2, 0.25) is 0 Å². The number of anilines is 1. The topological polar surface area (TPSA) is 163 Å². The highest BCUT2D eigenvalue weighted by Gasteiger charge is 2.37. The van der Waals surface area contributed by atoms with Crippen molar-refractivity contribution in [2.24, 2.45) is 11.8 Å². The Morgan fingerprint density at radius 1 is 1.02 bits per heavy atom. The molecular weight excluding hydrogens is 648 g/mol. The van der Waals surface area contributed by atoms with Gasteiger partial charge in [0.1, 0.15) is 22.1 Å². The van der Waals surface area contributed by atoms with Crippen LogP contribution < -0.4 is 5.32 Å². The first-order valence-corrected chi connectivity index (χ1v) is 16.8. The van der Waals surface area contributed by atoms with E-state index < -0.39 is 41.4 Å². The van der Waals surface area contributed by atoms with Crippen LogP contribution in [0.4, 0.5) is 14.5 Å². The molecule has 2 N–H and O–H groups in total. The summed E-state index contributed by atoms with van der Waals surface area (Å²) >= 11 is 1.19. The molecule has 0 bridgehead atoms. The van der Waals surface area contributed by atoms with Crippen molar-refractivity contribution in [3.05, 3.63) is 53.6 Å². The molecule has 4 aromatic heterocycles. The van der Waals surface area contributed by atoms with Gasteiger partial charge in [-0.15, -0.1) is 11.3 Å². The number of aromatic nitrogens is 6. The second-order valence-corrected chi connectivity index (χ2v) is 12.8. The highest BCUT2D eigenvalue weighted by atomic mass is 32.1. The zero-order chi connectivity index (χ0) is 33.8. The van der Waals surface area contributed by atoms with Crippen LogP contribution in [0, 0.1) is 23.6 Å². The lowest BCUT2D eigenvalue weighted by Crippen LogP contribution is -2.34. The molecule has 4 aromatic rings. The molecule has 2 aliphatic rings. The lowest BCUT2D eigenvalue weighted by atomic mass is 9.79. The average Bonchev–Trinajstić information content (AvgIpc) is 3.86. The third-order valence-electron chi connectivity index (χ3n) is 8.78. The maximum Gasteiger partial charge on any atom is 0.311 e. The fraction of sp³-hybridized carbons (Fsp3) is 0.469. The van der Waals surface area contributed by atoms with Gasteiger partial charge in [-0.3, -0.25) is 19.1 Å². The van der Waals surface area contributed by atoms with E-state index in [1.807, 2.05) is 6.92 Å². The maximum atomic E-state index is 14.8. The average molecular weight is 684 g/mol. The summed E-state index contributed by atoms with van der Waals surface area (Å²) in [7, 11) is 0. The second-order valence-electron chi connectivity index (χ2n) is 11.9. The van der Waals surface area contributed by atoms with E-state index in [2.05, 4.69) is 25.5 Å². The van der Waals surface area contributed by atoms with Crippen LogP contribution in [0.15, 0.2) is 36.1 Å². The minimum absolute atomic E-state index is 0.00135. The lowest BCUT2D eigenvalue weighted by Gasteiger charge is -2.28. The molecule has 2 saturated carbocycles. The molecule has 254 valence electrons. The van der Waals surface area contributed by atoms with E-state index >= 15 is 0 Å². The maximum absolute atomic E-state index is 14.8. The molecule has 6 rings (SSSR count). The number of carbonyl (C=O) groups excluding carboxylic acids is 2. The van der Waals surface area contributed by atoms with Crippen LogP contribution in [-0.2, 0) is 25.8 Å². The number of halogens is 2. The van der Waals surface area contributed by atoms with Gasteiger partial charge < -0.3 is 19.9 Å². The largest absolute Gasteiger partial charge is 0.481 e. The summed E-state index contributed by atoms with van der Waals surface area (Å²) in [6, 6.07) is 1.86. The predicted octanol–water partition coefficient (Wildman–Crippen LogP) is 5.71. The van der Waals surface area contributed by atoms with E-state index in [9.17, 15) is 28.3 Å². The Hall–Kier alpha value is -4.57. The highest BCUT2D eigenvalue weighted by Crippen LogP contribution is 2.35. The molecule has 0 aliphatic heterocycles. The number of carboxylic acids is 1. The Morgan fingerprint density at radius 2 is 1.79 bits per heavy atom. The Kier molecular flexibility index (Phi) is 10.2. The molecule has 2 aliphatic carbocycles. The molecule has 0 radical (unpaired) electrons. The Bertz CT molecular complexity index is 1780. The molecule has 4 heterocycles. The fourth-order valence-corrected chi connectivity index (χ4v) is 7.10. The van der Waals surface area contributed by atoms with E-state index in [0.717, 1.165) is 50.7 Å². The fourth-order valence-electron chi connectivity index (χ4n) is 6.33. The van der Waals surface area contributed by atoms with E-state index in [1.54, 1.807) is 22.5 Å². The van der Waals surface area contributed by atoms with E-state index in [-0.39, 0.29) is 41.6 Å². The summed E-state index contributed by atoms with van der Waals surface area (Å²) < 4.78 is 43.1. The SMILES string of the molecule is CCO[C@H]1CC[C@H](n2cc(NC(=O)c3csc(-c4cnn(COC(=O)[C@H]5CCCC[C@@H]5C(=O)O)c4)n3)c(-c3nc(F)ccc3F)n2)CC1. The van der Waals surface area contributed by atoms with Gasteiger partial charge in [-0.05, 0) is 57.6 Å². The molecule has 1 amide bonds. The van der Waals surface area contributed by atoms with Crippen molar-refractivity contribution < 1.29 is 37.7 Å². The van der Waals surface area contributed by atoms with Crippen LogP contribution in [0.5, 0.6) is 0 Å². The first-order chi connectivity index (χ1) is 23.2. The predicted molar refractivity (Wildman–Crippen MR) is 169 cm³/mol. The molecular formula is C32H35F2N7O6S. The molecule has 0 saturated heterocycles. The molecule has 48 heavy (non-hydrogen) atoms. The number of nitrogens with zero attached hydrogens (tertiary/aromatic N) is 6. The minimum atomic E-state index is -0.996. The summed E-state index contributed by atoms with van der Waals surface area (Å²) in [4.78, 5) is 45.7. The van der Waals surface area contributed by atoms with Gasteiger partial charge in [-0.1, -0.05) is 12.8 Å². The summed E-state index contributed by atoms with van der Waals surface area (Å²) in [5, 5.41) is 23.0. The third kappa shape index (κ3) is 7.44. The number of carbonyl (C=O) groups is 3. The van der Waals surface area contributed by atoms with Crippen LogP contribution in [-0.4, -0.2) is 65.2 Å². The van der Waals surface area contributed by atoms with Crippen LogP contribution in [0.25, 0.3) is 22.0 Å². The number of pyridine rings is 1. The van der Waals surface area contributed by atoms with Gasteiger partial charge in [0, 0.05) is 29.9 Å². The summed E-state index contributed by atoms with van der Waals surface area (Å²) in [6.07, 6.45) is 10.5. The van der Waals surface area contributed by atoms with Crippen molar-refractivity contribution in [2.75, 3.05) is 11.9 Å². The standard InChI is InChI=1S/C32H35F2N7O6S/c1-2-46-20-9-7-19(8-10-20)41-15-24(28(39-41)27-23(33)11-12-26(34)38-27)36-29(42)25-16-48-30(37-25)18-13-35-40(14-18)17-47-32(45)22-6-4-3-5-21(22)31(43)44/h11-16,19-22H,2-10,17H2,1H3,(H,36,42)(H,43,44)/t19-,20-,21-,22-/m0/s1. The number of carboxylic acid groups (broad SMARTS) is 1. The van der Waals surface area contributed by atoms with Crippen molar-refractivity contribution in [2.45, 2.75) is 77.2 Å². The van der Waals surface area contributed by atoms with E-state index in [1.165, 1.54) is 22.2 Å². The first-order valence-electron chi connectivity index (χ1n) is 15.9. The highest BCUT2D eigenvalue weighted by molar-refractivity contribution is 7.13. The monoisotopic (exact) mass is 683 g/mol. The van der Waals surface area contributed by atoms with Gasteiger partial charge in [0.15, 0.2) is 12.5 Å². The second kappa shape index (κ2) is 14.7. The van der Waals surface area contributed by atoms with Crippen LogP contribution in [0.1, 0.15) is 74.8 Å². The van der Waals surface area contributed by atoms with Crippen molar-refractivity contribution in [1.82, 2.24) is 29.5 Å². The van der Waals surface area contributed by atoms with Crippen LogP contribution in [0.3, 0.4) is 0 Å². The van der Waals surface area contributed by atoms with Gasteiger partial charge in [-0.25, -0.2) is 19.0 Å². The van der Waals surface area contributed by atoms with Crippen molar-refractivity contribution in [1.29, 1.82) is 0 Å². The third-order valence-corrected chi connectivity index (χ3v) is 9.67. The number of aliphatic carboxylic acids is 1. The van der Waals surface area contributed by atoms with Gasteiger partial charge in [0.25, 0.3) is 5.91 Å². The van der Waals surface area contributed by atoms with Gasteiger partial charge in [-0.2, -0.15) is 14.6 Å². The number of nitrogens with one attached hydrogen (secondary N) is 1. The lowest BCUT2D eigenvalue weighted by molar-refractivity contribution is -0.162. The van der Waals surface area contributed by atoms with Gasteiger partial charge in [0.2, 0.25) is 5.95 Å². The smallest absolute Gasteiger partial charge is 0.311 e. The summed E-state index contributed by atoms with van der Waals surface area (Å²) in [6.45, 7) is 2.39. The number of thiazole rings is 1. The van der Waals surface area contributed by atoms with Gasteiger partial charge >= 0.3 is 11.9 Å². The molecule has 0 unspecified atom stereocenters. The van der Waals surface area contributed by atoms with Crippen molar-refractivity contribution >= 4 is 34.9 Å². The Morgan fingerprint density at radius 3 is 2.54 bits per heavy atom. The number of rotatable bonds is 11. The minimum Gasteiger partial charge on any atom is -0.481 e. The molecule has 2 fully saturated rings. The normalized spacial score (nSPS) is 21.1. The van der Waals surface area contributed by atoms with Crippen molar-refractivity contribution in [3.63, 3.8) is 0 Å². The van der Waals surface area contributed by atoms with E-state index in [0.29, 0.717) is 30.0 Å². The Balaban J connectivity index is 1.14. The molecule has 0 spiro atoms. The van der Waals surface area contributed by atoms with Crippen LogP contribution >= 0.6 is 11.3 Å². The first kappa shape index (κ1) is 33.3. The number of hydrogen-bond donors (Lipinski definition) is 2. The number of ether oxygens (including phenoxy) is 2. The zero-order valence-electron chi connectivity index (χ0n) is 26.2. The number of esters is 1. The Labute approximate surface area is 278 Å². The quantitative estimate of drug-likeness (QED) is 0.148. The number of hydrogen-bond acceptors (Lipinski definition) is 10. The van der Waals surface area contributed by atoms with Crippen molar-refractivity contribution in [3.8, 4) is 22.0 Å². The zero-order valence-corrected chi connectivity index (χ0v) is 27.0. The molecule has 0 aromatic carbocycles. The van der Waals surface area contributed by atoms with E-state index in [4.69, 9.17) is 9.47 Å². The molecule has 2 atom stereocenters. The summed E-state index contributed by atoms with van der Waals surface area (Å²) in [5.41, 5.74) is 0.493. The molecule has 16 heteroatoms.